The number of nitrogens with zero attached hydrogens (tertiary/aromatic N) is 1. The third-order valence-electron chi connectivity index (χ3n) is 2.84. The molecule has 100 valence electrons. The van der Waals surface area contributed by atoms with E-state index in [2.05, 4.69) is 20.0 Å². The van der Waals surface area contributed by atoms with Gasteiger partial charge in [-0.1, -0.05) is 13.8 Å². The van der Waals surface area contributed by atoms with Gasteiger partial charge in [0.1, 0.15) is 6.04 Å². The van der Waals surface area contributed by atoms with Crippen LogP contribution in [0.5, 0.6) is 0 Å². The van der Waals surface area contributed by atoms with E-state index in [0.717, 1.165) is 12.1 Å². The lowest BCUT2D eigenvalue weighted by atomic mass is 10.1. The van der Waals surface area contributed by atoms with E-state index in [4.69, 9.17) is 0 Å². The van der Waals surface area contributed by atoms with Crippen molar-refractivity contribution in [3.05, 3.63) is 18.2 Å². The van der Waals surface area contributed by atoms with Crippen molar-refractivity contribution in [2.45, 2.75) is 32.7 Å². The van der Waals surface area contributed by atoms with Crippen molar-refractivity contribution in [3.63, 3.8) is 0 Å². The number of hydrogen-bond acceptors (Lipinski definition) is 4. The second-order valence-corrected chi connectivity index (χ2v) is 4.17. The Labute approximate surface area is 106 Å². The van der Waals surface area contributed by atoms with Crippen LogP contribution in [0.25, 0.3) is 0 Å². The van der Waals surface area contributed by atoms with Gasteiger partial charge in [0.15, 0.2) is 0 Å². The number of ether oxygens (including phenoxy) is 1. The Hall–Kier alpha value is -1.85. The van der Waals surface area contributed by atoms with Crippen LogP contribution in [0.15, 0.2) is 12.5 Å². The molecule has 0 spiro atoms. The molecule has 0 aromatic carbocycles. The van der Waals surface area contributed by atoms with Crippen LogP contribution in [0, 0.1) is 5.92 Å². The van der Waals surface area contributed by atoms with Gasteiger partial charge in [-0.3, -0.25) is 4.79 Å². The average Bonchev–Trinajstić information content (AvgIpc) is 2.88. The summed E-state index contributed by atoms with van der Waals surface area (Å²) in [4.78, 5) is 30.2. The van der Waals surface area contributed by atoms with E-state index in [0.29, 0.717) is 6.42 Å². The van der Waals surface area contributed by atoms with Crippen molar-refractivity contribution in [1.82, 2.24) is 15.3 Å². The highest BCUT2D eigenvalue weighted by molar-refractivity contribution is 5.85. The van der Waals surface area contributed by atoms with E-state index in [-0.39, 0.29) is 11.8 Å². The van der Waals surface area contributed by atoms with Crippen LogP contribution < -0.4 is 5.32 Å². The fourth-order valence-corrected chi connectivity index (χ4v) is 1.45. The van der Waals surface area contributed by atoms with Crippen LogP contribution in [-0.4, -0.2) is 35.0 Å². The molecule has 0 saturated heterocycles. The minimum Gasteiger partial charge on any atom is -0.467 e. The number of aromatic amines is 1. The van der Waals surface area contributed by atoms with Crippen LogP contribution in [0.4, 0.5) is 0 Å². The summed E-state index contributed by atoms with van der Waals surface area (Å²) in [5.41, 5.74) is 0.773. The van der Waals surface area contributed by atoms with Crippen LogP contribution in [0.1, 0.15) is 26.0 Å². The van der Waals surface area contributed by atoms with Gasteiger partial charge < -0.3 is 15.0 Å². The van der Waals surface area contributed by atoms with Crippen LogP contribution in [0.2, 0.25) is 0 Å². The van der Waals surface area contributed by atoms with Gasteiger partial charge in [0, 0.05) is 24.2 Å². The first-order valence-electron chi connectivity index (χ1n) is 5.93. The molecular formula is C12H19N3O3. The Morgan fingerprint density at radius 1 is 1.56 bits per heavy atom. The van der Waals surface area contributed by atoms with Gasteiger partial charge in [-0.2, -0.15) is 0 Å². The Bertz CT molecular complexity index is 389. The largest absolute Gasteiger partial charge is 0.467 e. The number of imidazole rings is 1. The molecule has 0 bridgehead atoms. The minimum absolute atomic E-state index is 0.126. The van der Waals surface area contributed by atoms with Gasteiger partial charge in [0.05, 0.1) is 13.4 Å². The maximum atomic E-state index is 11.8. The lowest BCUT2D eigenvalue weighted by Gasteiger charge is -2.18. The fraction of sp³-hybridized carbons (Fsp3) is 0.583. The molecule has 1 aromatic rings. The first kappa shape index (κ1) is 14.2. The number of aromatic nitrogens is 2. The van der Waals surface area contributed by atoms with Crippen molar-refractivity contribution in [1.29, 1.82) is 0 Å². The summed E-state index contributed by atoms with van der Waals surface area (Å²) >= 11 is 0. The summed E-state index contributed by atoms with van der Waals surface area (Å²) in [5.74, 6) is -0.729. The quantitative estimate of drug-likeness (QED) is 0.729. The van der Waals surface area contributed by atoms with Crippen LogP contribution in [0.3, 0.4) is 0 Å². The van der Waals surface area contributed by atoms with E-state index in [1.165, 1.54) is 13.4 Å². The van der Waals surface area contributed by atoms with Gasteiger partial charge in [0.25, 0.3) is 0 Å². The number of esters is 1. The molecule has 1 unspecified atom stereocenters. The van der Waals surface area contributed by atoms with Crippen molar-refractivity contribution in [2.24, 2.45) is 5.92 Å². The van der Waals surface area contributed by atoms with Gasteiger partial charge in [-0.05, 0) is 6.42 Å². The standard InChI is InChI=1S/C12H19N3O3/c1-4-8(2)11(16)15-10(12(17)18-3)5-9-6-13-7-14-9/h6-8,10H,4-5H2,1-3H3,(H,13,14)(H,15,16)/t8?,10-/m0/s1. The lowest BCUT2D eigenvalue weighted by molar-refractivity contribution is -0.145. The summed E-state index contributed by atoms with van der Waals surface area (Å²) < 4.78 is 4.69. The highest BCUT2D eigenvalue weighted by Crippen LogP contribution is 2.05. The average molecular weight is 253 g/mol. The highest BCUT2D eigenvalue weighted by atomic mass is 16.5. The van der Waals surface area contributed by atoms with Crippen molar-refractivity contribution >= 4 is 11.9 Å². The summed E-state index contributed by atoms with van der Waals surface area (Å²) in [6.07, 6.45) is 4.21. The van der Waals surface area contributed by atoms with E-state index in [9.17, 15) is 9.59 Å². The second kappa shape index (κ2) is 6.78. The van der Waals surface area contributed by atoms with E-state index < -0.39 is 12.0 Å². The number of methoxy groups -OCH3 is 1. The topological polar surface area (TPSA) is 84.1 Å². The molecule has 0 aliphatic carbocycles. The van der Waals surface area contributed by atoms with Crippen molar-refractivity contribution < 1.29 is 14.3 Å². The molecule has 6 heteroatoms. The van der Waals surface area contributed by atoms with E-state index in [1.54, 1.807) is 6.20 Å². The molecule has 1 amide bonds. The zero-order valence-corrected chi connectivity index (χ0v) is 10.9. The Morgan fingerprint density at radius 2 is 2.28 bits per heavy atom. The molecule has 1 heterocycles. The Morgan fingerprint density at radius 3 is 2.78 bits per heavy atom. The van der Waals surface area contributed by atoms with E-state index >= 15 is 0 Å². The molecule has 0 fully saturated rings. The lowest BCUT2D eigenvalue weighted by Crippen LogP contribution is -2.45. The number of hydrogen-bond donors (Lipinski definition) is 2. The number of amides is 1. The summed E-state index contributed by atoms with van der Waals surface area (Å²) in [5, 5.41) is 2.70. The molecule has 18 heavy (non-hydrogen) atoms. The number of rotatable bonds is 6. The Kier molecular flexibility index (Phi) is 5.35. The number of carbonyl (C=O) groups excluding carboxylic acids is 2. The molecule has 0 radical (unpaired) electrons. The first-order valence-corrected chi connectivity index (χ1v) is 5.93. The van der Waals surface area contributed by atoms with Gasteiger partial charge in [0.2, 0.25) is 5.91 Å². The SMILES string of the molecule is CCC(C)C(=O)N[C@@H](Cc1cnc[nH]1)C(=O)OC. The molecule has 0 aliphatic rings. The molecule has 1 rings (SSSR count). The van der Waals surface area contributed by atoms with Crippen LogP contribution >= 0.6 is 0 Å². The van der Waals surface area contributed by atoms with E-state index in [1.807, 2.05) is 13.8 Å². The normalized spacial score (nSPS) is 13.7. The predicted molar refractivity (Wildman–Crippen MR) is 65.7 cm³/mol. The van der Waals surface area contributed by atoms with Crippen molar-refractivity contribution in [2.75, 3.05) is 7.11 Å². The molecule has 6 nitrogen and oxygen atoms in total. The minimum atomic E-state index is -0.683. The Balaban J connectivity index is 2.67. The zero-order valence-electron chi connectivity index (χ0n) is 10.9. The van der Waals surface area contributed by atoms with Gasteiger partial charge in [-0.15, -0.1) is 0 Å². The van der Waals surface area contributed by atoms with Gasteiger partial charge >= 0.3 is 5.97 Å². The second-order valence-electron chi connectivity index (χ2n) is 4.17. The summed E-state index contributed by atoms with van der Waals surface area (Å²) in [6, 6.07) is -0.683. The molecule has 2 atom stereocenters. The first-order chi connectivity index (χ1) is 8.58. The maximum absolute atomic E-state index is 11.8. The highest BCUT2D eigenvalue weighted by Gasteiger charge is 2.24. The zero-order chi connectivity index (χ0) is 13.5. The predicted octanol–water partition coefficient (Wildman–Crippen LogP) is 0.656. The molecular weight excluding hydrogens is 234 g/mol. The number of carbonyl (C=O) groups is 2. The number of H-pyrrole nitrogens is 1. The molecule has 2 N–H and O–H groups in total. The van der Waals surface area contributed by atoms with Crippen LogP contribution in [-0.2, 0) is 20.7 Å². The molecule has 0 saturated carbocycles. The number of nitrogens with one attached hydrogen (secondary N) is 2. The third-order valence-corrected chi connectivity index (χ3v) is 2.84. The monoisotopic (exact) mass is 253 g/mol. The smallest absolute Gasteiger partial charge is 0.328 e. The van der Waals surface area contributed by atoms with Gasteiger partial charge in [-0.25, -0.2) is 9.78 Å². The van der Waals surface area contributed by atoms with Crippen molar-refractivity contribution in [3.8, 4) is 0 Å². The molecule has 0 aliphatic heterocycles. The summed E-state index contributed by atoms with van der Waals surface area (Å²) in [6.45, 7) is 3.74. The maximum Gasteiger partial charge on any atom is 0.328 e. The third kappa shape index (κ3) is 3.87. The fourth-order valence-electron chi connectivity index (χ4n) is 1.45. The summed E-state index contributed by atoms with van der Waals surface area (Å²) in [7, 11) is 1.30. The molecule has 1 aromatic heterocycles.